The number of H-pyrrole nitrogens is 1. The maximum atomic E-state index is 11.4. The minimum Gasteiger partial charge on any atom is -0.301 e. The van der Waals surface area contributed by atoms with Crippen molar-refractivity contribution in [1.82, 2.24) is 9.97 Å². The Labute approximate surface area is 119 Å². The van der Waals surface area contributed by atoms with Crippen molar-refractivity contribution in [2.75, 3.05) is 0 Å². The number of thioether (sulfide) groups is 1. The van der Waals surface area contributed by atoms with Crippen molar-refractivity contribution in [1.29, 1.82) is 0 Å². The summed E-state index contributed by atoms with van der Waals surface area (Å²) in [5.74, 6) is 0.591. The molecule has 1 aromatic heterocycles. The number of non-ortho nitro benzene ring substituents is 1. The van der Waals surface area contributed by atoms with Crippen LogP contribution in [0.25, 0.3) is 0 Å². The molecule has 7 heteroatoms. The Balaban J connectivity index is 2.06. The maximum absolute atomic E-state index is 11.4. The van der Waals surface area contributed by atoms with Gasteiger partial charge in [-0.3, -0.25) is 14.9 Å². The van der Waals surface area contributed by atoms with Crippen molar-refractivity contribution < 1.29 is 4.92 Å². The van der Waals surface area contributed by atoms with Gasteiger partial charge in [0, 0.05) is 29.6 Å². The third-order valence-electron chi connectivity index (χ3n) is 2.66. The summed E-state index contributed by atoms with van der Waals surface area (Å²) in [5.41, 5.74) is 1.59. The first-order chi connectivity index (χ1) is 9.58. The lowest BCUT2D eigenvalue weighted by molar-refractivity contribution is -0.384. The van der Waals surface area contributed by atoms with E-state index >= 15 is 0 Å². The lowest BCUT2D eigenvalue weighted by Crippen LogP contribution is -2.09. The summed E-state index contributed by atoms with van der Waals surface area (Å²) < 4.78 is 0. The van der Waals surface area contributed by atoms with Crippen molar-refractivity contribution in [2.45, 2.75) is 24.3 Å². The predicted octanol–water partition coefficient (Wildman–Crippen LogP) is 2.53. The van der Waals surface area contributed by atoms with Crippen LogP contribution in [0, 0.1) is 10.1 Å². The molecule has 0 saturated heterocycles. The topological polar surface area (TPSA) is 88.9 Å². The van der Waals surface area contributed by atoms with Gasteiger partial charge in [0.05, 0.1) is 4.92 Å². The predicted molar refractivity (Wildman–Crippen MR) is 76.9 cm³/mol. The van der Waals surface area contributed by atoms with Gasteiger partial charge < -0.3 is 4.98 Å². The van der Waals surface area contributed by atoms with Crippen LogP contribution in [0.15, 0.2) is 40.3 Å². The van der Waals surface area contributed by atoms with E-state index in [2.05, 4.69) is 9.97 Å². The molecule has 6 nitrogen and oxygen atoms in total. The molecule has 0 aliphatic heterocycles. The number of hydrogen-bond donors (Lipinski definition) is 1. The fraction of sp³-hybridized carbons (Fsp3) is 0.231. The molecule has 1 heterocycles. The van der Waals surface area contributed by atoms with Crippen LogP contribution in [0.3, 0.4) is 0 Å². The van der Waals surface area contributed by atoms with Crippen LogP contribution in [0.2, 0.25) is 0 Å². The maximum Gasteiger partial charge on any atom is 0.269 e. The summed E-state index contributed by atoms with van der Waals surface area (Å²) in [5, 5.41) is 11.1. The minimum atomic E-state index is -0.430. The highest BCUT2D eigenvalue weighted by molar-refractivity contribution is 7.98. The highest BCUT2D eigenvalue weighted by Crippen LogP contribution is 2.20. The summed E-state index contributed by atoms with van der Waals surface area (Å²) in [4.78, 5) is 28.5. The molecule has 1 aromatic carbocycles. The van der Waals surface area contributed by atoms with Gasteiger partial charge in [0.1, 0.15) is 0 Å². The van der Waals surface area contributed by atoms with Gasteiger partial charge in [0.25, 0.3) is 11.2 Å². The van der Waals surface area contributed by atoms with E-state index in [9.17, 15) is 14.9 Å². The standard InChI is InChI=1S/C13H13N3O3S/c1-2-10-7-12(17)15-13(14-10)20-8-9-3-5-11(6-4-9)16(18)19/h3-7H,2,8H2,1H3,(H,14,15,17). The molecule has 104 valence electrons. The normalized spacial score (nSPS) is 10.4. The van der Waals surface area contributed by atoms with E-state index in [0.717, 1.165) is 11.3 Å². The molecular formula is C13H13N3O3S. The molecule has 0 atom stereocenters. The number of nitrogens with zero attached hydrogens (tertiary/aromatic N) is 2. The third kappa shape index (κ3) is 3.67. The second-order valence-electron chi connectivity index (χ2n) is 4.11. The van der Waals surface area contributed by atoms with Gasteiger partial charge in [-0.05, 0) is 12.0 Å². The molecule has 0 bridgehead atoms. The van der Waals surface area contributed by atoms with Crippen LogP contribution in [0.4, 0.5) is 5.69 Å². The second kappa shape index (κ2) is 6.33. The molecule has 0 unspecified atom stereocenters. The van der Waals surface area contributed by atoms with Crippen LogP contribution in [-0.4, -0.2) is 14.9 Å². The van der Waals surface area contributed by atoms with E-state index in [4.69, 9.17) is 0 Å². The van der Waals surface area contributed by atoms with Crippen molar-refractivity contribution in [3.8, 4) is 0 Å². The van der Waals surface area contributed by atoms with Crippen molar-refractivity contribution >= 4 is 17.4 Å². The van der Waals surface area contributed by atoms with Gasteiger partial charge in [-0.25, -0.2) is 4.98 Å². The molecule has 0 aliphatic carbocycles. The summed E-state index contributed by atoms with van der Waals surface area (Å²) >= 11 is 1.39. The van der Waals surface area contributed by atoms with Crippen LogP contribution in [-0.2, 0) is 12.2 Å². The van der Waals surface area contributed by atoms with E-state index < -0.39 is 4.92 Å². The average molecular weight is 291 g/mol. The summed E-state index contributed by atoms with van der Waals surface area (Å²) in [7, 11) is 0. The smallest absolute Gasteiger partial charge is 0.269 e. The lowest BCUT2D eigenvalue weighted by Gasteiger charge is -2.03. The third-order valence-corrected chi connectivity index (χ3v) is 3.60. The van der Waals surface area contributed by atoms with Crippen molar-refractivity contribution in [3.63, 3.8) is 0 Å². The van der Waals surface area contributed by atoms with Gasteiger partial charge >= 0.3 is 0 Å². The number of hydrogen-bond acceptors (Lipinski definition) is 5. The fourth-order valence-electron chi connectivity index (χ4n) is 1.60. The fourth-order valence-corrected chi connectivity index (χ4v) is 2.45. The van der Waals surface area contributed by atoms with E-state index in [-0.39, 0.29) is 11.2 Å². The summed E-state index contributed by atoms with van der Waals surface area (Å²) in [6.45, 7) is 1.94. The monoisotopic (exact) mass is 291 g/mol. The number of nitro groups is 1. The number of aromatic nitrogens is 2. The SMILES string of the molecule is CCc1cc(=O)[nH]c(SCc2ccc([N+](=O)[O-])cc2)n1. The molecular weight excluding hydrogens is 278 g/mol. The molecule has 2 aromatic rings. The minimum absolute atomic E-state index is 0.0678. The molecule has 20 heavy (non-hydrogen) atoms. The van der Waals surface area contributed by atoms with E-state index in [1.54, 1.807) is 12.1 Å². The first kappa shape index (κ1) is 14.3. The quantitative estimate of drug-likeness (QED) is 0.396. The number of benzene rings is 1. The average Bonchev–Trinajstić information content (AvgIpc) is 2.45. The van der Waals surface area contributed by atoms with E-state index in [1.807, 2.05) is 6.92 Å². The van der Waals surface area contributed by atoms with Crippen LogP contribution in [0.5, 0.6) is 0 Å². The molecule has 0 spiro atoms. The van der Waals surface area contributed by atoms with Crippen LogP contribution < -0.4 is 5.56 Å². The molecule has 0 fully saturated rings. The summed E-state index contributed by atoms with van der Waals surface area (Å²) in [6.07, 6.45) is 0.703. The van der Waals surface area contributed by atoms with E-state index in [0.29, 0.717) is 17.3 Å². The Morgan fingerprint density at radius 1 is 1.35 bits per heavy atom. The zero-order valence-corrected chi connectivity index (χ0v) is 11.6. The van der Waals surface area contributed by atoms with Crippen LogP contribution >= 0.6 is 11.8 Å². The largest absolute Gasteiger partial charge is 0.301 e. The Morgan fingerprint density at radius 2 is 2.05 bits per heavy atom. The Bertz CT molecular complexity index is 667. The number of nitro benzene ring substituents is 1. The number of rotatable bonds is 5. The molecule has 0 saturated carbocycles. The van der Waals surface area contributed by atoms with E-state index in [1.165, 1.54) is 30.0 Å². The van der Waals surface area contributed by atoms with Gasteiger partial charge in [-0.2, -0.15) is 0 Å². The van der Waals surface area contributed by atoms with Crippen LogP contribution in [0.1, 0.15) is 18.2 Å². The zero-order chi connectivity index (χ0) is 14.5. The molecule has 1 N–H and O–H groups in total. The molecule has 0 radical (unpaired) electrons. The Kier molecular flexibility index (Phi) is 4.52. The number of aryl methyl sites for hydroxylation is 1. The van der Waals surface area contributed by atoms with Gasteiger partial charge in [-0.15, -0.1) is 0 Å². The highest BCUT2D eigenvalue weighted by Gasteiger charge is 2.05. The van der Waals surface area contributed by atoms with Gasteiger partial charge in [-0.1, -0.05) is 30.8 Å². The Morgan fingerprint density at radius 3 is 2.65 bits per heavy atom. The lowest BCUT2D eigenvalue weighted by atomic mass is 10.2. The second-order valence-corrected chi connectivity index (χ2v) is 5.07. The number of nitrogens with one attached hydrogen (secondary N) is 1. The zero-order valence-electron chi connectivity index (χ0n) is 10.8. The molecule has 0 amide bonds. The van der Waals surface area contributed by atoms with Crippen molar-refractivity contribution in [3.05, 3.63) is 62.1 Å². The van der Waals surface area contributed by atoms with Gasteiger partial charge in [0.15, 0.2) is 5.16 Å². The highest BCUT2D eigenvalue weighted by atomic mass is 32.2. The van der Waals surface area contributed by atoms with Gasteiger partial charge in [0.2, 0.25) is 0 Å². The first-order valence-corrected chi connectivity index (χ1v) is 7.03. The molecule has 2 rings (SSSR count). The number of aromatic amines is 1. The van der Waals surface area contributed by atoms with Crippen molar-refractivity contribution in [2.24, 2.45) is 0 Å². The Hall–Kier alpha value is -2.15. The summed E-state index contributed by atoms with van der Waals surface area (Å²) in [6, 6.07) is 7.82. The first-order valence-electron chi connectivity index (χ1n) is 6.05. The molecule has 0 aliphatic rings.